The van der Waals surface area contributed by atoms with E-state index in [2.05, 4.69) is 5.32 Å². The van der Waals surface area contributed by atoms with Gasteiger partial charge >= 0.3 is 0 Å². The standard InChI is InChI=1S/C14H15NO/c1-10-6-8-12(9-7-10)15-13-5-3-4-11(2)14(13)16/h3-9,15-16H,1-2H3. The Morgan fingerprint density at radius 1 is 0.938 bits per heavy atom. The Kier molecular flexibility index (Phi) is 2.82. The second-order valence-electron chi connectivity index (χ2n) is 3.96. The molecule has 0 saturated heterocycles. The minimum absolute atomic E-state index is 0.308. The average Bonchev–Trinajstić information content (AvgIpc) is 2.28. The molecule has 2 aromatic carbocycles. The van der Waals surface area contributed by atoms with Gasteiger partial charge in [0.05, 0.1) is 5.69 Å². The summed E-state index contributed by atoms with van der Waals surface area (Å²) in [5, 5.41) is 13.0. The number of aromatic hydroxyl groups is 1. The first kappa shape index (κ1) is 10.6. The number of nitrogens with one attached hydrogen (secondary N) is 1. The second-order valence-corrected chi connectivity index (χ2v) is 3.96. The van der Waals surface area contributed by atoms with E-state index >= 15 is 0 Å². The van der Waals surface area contributed by atoms with Crippen LogP contribution in [0, 0.1) is 13.8 Å². The molecule has 0 aliphatic rings. The van der Waals surface area contributed by atoms with E-state index in [1.54, 1.807) is 0 Å². The minimum Gasteiger partial charge on any atom is -0.505 e. The molecule has 0 fully saturated rings. The lowest BCUT2D eigenvalue weighted by molar-refractivity contribution is 0.473. The average molecular weight is 213 g/mol. The molecule has 0 aromatic heterocycles. The highest BCUT2D eigenvalue weighted by atomic mass is 16.3. The predicted molar refractivity (Wildman–Crippen MR) is 67.3 cm³/mol. The van der Waals surface area contributed by atoms with Crippen LogP contribution < -0.4 is 5.32 Å². The molecule has 0 atom stereocenters. The van der Waals surface area contributed by atoms with E-state index < -0.39 is 0 Å². The third-order valence-electron chi connectivity index (χ3n) is 2.57. The number of hydrogen-bond acceptors (Lipinski definition) is 2. The van der Waals surface area contributed by atoms with Crippen LogP contribution in [0.4, 0.5) is 11.4 Å². The summed E-state index contributed by atoms with van der Waals surface area (Å²) in [6, 6.07) is 13.7. The SMILES string of the molecule is Cc1ccc(Nc2cccc(C)c2O)cc1. The number of rotatable bonds is 2. The first-order valence-electron chi connectivity index (χ1n) is 5.29. The Hall–Kier alpha value is -1.96. The summed E-state index contributed by atoms with van der Waals surface area (Å²) in [6.45, 7) is 3.93. The van der Waals surface area contributed by atoms with Crippen molar-refractivity contribution >= 4 is 11.4 Å². The lowest BCUT2D eigenvalue weighted by Crippen LogP contribution is -1.91. The molecular formula is C14H15NO. The molecular weight excluding hydrogens is 198 g/mol. The number of phenolic OH excluding ortho intramolecular Hbond substituents is 1. The Morgan fingerprint density at radius 2 is 1.62 bits per heavy atom. The van der Waals surface area contributed by atoms with Crippen molar-refractivity contribution in [3.63, 3.8) is 0 Å². The van der Waals surface area contributed by atoms with Crippen molar-refractivity contribution in [2.24, 2.45) is 0 Å². The van der Waals surface area contributed by atoms with Crippen LogP contribution in [0.25, 0.3) is 0 Å². The van der Waals surface area contributed by atoms with Gasteiger partial charge < -0.3 is 10.4 Å². The predicted octanol–water partition coefficient (Wildman–Crippen LogP) is 3.75. The molecule has 2 heteroatoms. The van der Waals surface area contributed by atoms with Gasteiger partial charge in [-0.3, -0.25) is 0 Å². The smallest absolute Gasteiger partial charge is 0.141 e. The molecule has 0 heterocycles. The monoisotopic (exact) mass is 213 g/mol. The highest BCUT2D eigenvalue weighted by molar-refractivity contribution is 5.67. The molecule has 0 amide bonds. The van der Waals surface area contributed by atoms with Gasteiger partial charge in [-0.15, -0.1) is 0 Å². The fourth-order valence-corrected chi connectivity index (χ4v) is 1.55. The summed E-state index contributed by atoms with van der Waals surface area (Å²) in [5.41, 5.74) is 3.81. The molecule has 0 bridgehead atoms. The number of benzene rings is 2. The largest absolute Gasteiger partial charge is 0.505 e. The highest BCUT2D eigenvalue weighted by Gasteiger charge is 2.03. The van der Waals surface area contributed by atoms with E-state index in [0.717, 1.165) is 16.9 Å². The lowest BCUT2D eigenvalue weighted by Gasteiger charge is -2.10. The summed E-state index contributed by atoms with van der Waals surface area (Å²) in [5.74, 6) is 0.308. The van der Waals surface area contributed by atoms with Crippen molar-refractivity contribution in [2.45, 2.75) is 13.8 Å². The summed E-state index contributed by atoms with van der Waals surface area (Å²) >= 11 is 0. The maximum absolute atomic E-state index is 9.85. The van der Waals surface area contributed by atoms with Crippen LogP contribution in [0.2, 0.25) is 0 Å². The van der Waals surface area contributed by atoms with Crippen molar-refractivity contribution in [3.05, 3.63) is 53.6 Å². The lowest BCUT2D eigenvalue weighted by atomic mass is 10.2. The van der Waals surface area contributed by atoms with E-state index in [4.69, 9.17) is 0 Å². The molecule has 0 spiro atoms. The van der Waals surface area contributed by atoms with E-state index in [0.29, 0.717) is 5.75 Å². The highest BCUT2D eigenvalue weighted by Crippen LogP contribution is 2.29. The Labute approximate surface area is 95.6 Å². The Balaban J connectivity index is 2.27. The number of hydrogen-bond donors (Lipinski definition) is 2. The van der Waals surface area contributed by atoms with Crippen LogP contribution in [0.1, 0.15) is 11.1 Å². The maximum Gasteiger partial charge on any atom is 0.141 e. The van der Waals surface area contributed by atoms with Crippen LogP contribution in [-0.2, 0) is 0 Å². The number of para-hydroxylation sites is 1. The van der Waals surface area contributed by atoms with Crippen molar-refractivity contribution < 1.29 is 5.11 Å². The summed E-state index contributed by atoms with van der Waals surface area (Å²) in [7, 11) is 0. The van der Waals surface area contributed by atoms with Gasteiger partial charge in [0, 0.05) is 5.69 Å². The molecule has 2 nitrogen and oxygen atoms in total. The fourth-order valence-electron chi connectivity index (χ4n) is 1.55. The zero-order valence-electron chi connectivity index (χ0n) is 9.49. The first-order valence-corrected chi connectivity index (χ1v) is 5.29. The van der Waals surface area contributed by atoms with Crippen LogP contribution in [0.3, 0.4) is 0 Å². The number of anilines is 2. The third-order valence-corrected chi connectivity index (χ3v) is 2.57. The maximum atomic E-state index is 9.85. The van der Waals surface area contributed by atoms with Gasteiger partial charge in [0.1, 0.15) is 5.75 Å². The molecule has 0 aliphatic heterocycles. The van der Waals surface area contributed by atoms with Crippen molar-refractivity contribution in [3.8, 4) is 5.75 Å². The molecule has 0 radical (unpaired) electrons. The van der Waals surface area contributed by atoms with Gasteiger partial charge in [0.15, 0.2) is 0 Å². The normalized spacial score (nSPS) is 10.1. The Morgan fingerprint density at radius 3 is 2.31 bits per heavy atom. The van der Waals surface area contributed by atoms with Gasteiger partial charge in [-0.25, -0.2) is 0 Å². The van der Waals surface area contributed by atoms with Crippen molar-refractivity contribution in [1.82, 2.24) is 0 Å². The molecule has 2 rings (SSSR count). The van der Waals surface area contributed by atoms with Crippen molar-refractivity contribution in [2.75, 3.05) is 5.32 Å². The molecule has 0 saturated carbocycles. The van der Waals surface area contributed by atoms with Gasteiger partial charge in [0.25, 0.3) is 0 Å². The zero-order chi connectivity index (χ0) is 11.5. The van der Waals surface area contributed by atoms with E-state index in [1.807, 2.05) is 56.3 Å². The number of phenols is 1. The van der Waals surface area contributed by atoms with Crippen LogP contribution in [-0.4, -0.2) is 5.11 Å². The minimum atomic E-state index is 0.308. The van der Waals surface area contributed by atoms with Gasteiger partial charge in [-0.2, -0.15) is 0 Å². The fraction of sp³-hybridized carbons (Fsp3) is 0.143. The molecule has 0 unspecified atom stereocenters. The molecule has 2 aromatic rings. The van der Waals surface area contributed by atoms with Gasteiger partial charge in [-0.1, -0.05) is 29.8 Å². The van der Waals surface area contributed by atoms with E-state index in [-0.39, 0.29) is 0 Å². The van der Waals surface area contributed by atoms with E-state index in [1.165, 1.54) is 5.56 Å². The van der Waals surface area contributed by atoms with Crippen LogP contribution >= 0.6 is 0 Å². The molecule has 82 valence electrons. The summed E-state index contributed by atoms with van der Waals surface area (Å²) < 4.78 is 0. The van der Waals surface area contributed by atoms with Crippen molar-refractivity contribution in [1.29, 1.82) is 0 Å². The third kappa shape index (κ3) is 2.16. The molecule has 2 N–H and O–H groups in total. The molecule has 0 aliphatic carbocycles. The second kappa shape index (κ2) is 4.27. The van der Waals surface area contributed by atoms with Gasteiger partial charge in [0.2, 0.25) is 0 Å². The zero-order valence-corrected chi connectivity index (χ0v) is 9.49. The van der Waals surface area contributed by atoms with Crippen LogP contribution in [0.15, 0.2) is 42.5 Å². The Bertz CT molecular complexity index is 489. The quantitative estimate of drug-likeness (QED) is 0.744. The number of aryl methyl sites for hydroxylation is 2. The first-order chi connectivity index (χ1) is 7.66. The molecule has 16 heavy (non-hydrogen) atoms. The van der Waals surface area contributed by atoms with Crippen LogP contribution in [0.5, 0.6) is 5.75 Å². The summed E-state index contributed by atoms with van der Waals surface area (Å²) in [4.78, 5) is 0. The van der Waals surface area contributed by atoms with E-state index in [9.17, 15) is 5.11 Å². The summed E-state index contributed by atoms with van der Waals surface area (Å²) in [6.07, 6.45) is 0. The van der Waals surface area contributed by atoms with Gasteiger partial charge in [-0.05, 0) is 37.6 Å². The topological polar surface area (TPSA) is 32.3 Å².